The standard InChI is InChI=1S/C6H10O3S2/c1-5(7)3-10-9-11-4-6(2)8/h3-4H2,1-2H3. The van der Waals surface area contributed by atoms with Crippen LogP contribution in [0.4, 0.5) is 0 Å². The molecule has 0 rings (SSSR count). The maximum Gasteiger partial charge on any atom is 0.142 e. The largest absolute Gasteiger partial charge is 0.299 e. The molecule has 0 bridgehead atoms. The van der Waals surface area contributed by atoms with Gasteiger partial charge < -0.3 is 0 Å². The highest BCUT2D eigenvalue weighted by Crippen LogP contribution is 2.14. The molecule has 0 fully saturated rings. The van der Waals surface area contributed by atoms with Gasteiger partial charge in [-0.3, -0.25) is 9.59 Å². The van der Waals surface area contributed by atoms with Crippen LogP contribution in [-0.4, -0.2) is 23.1 Å². The first kappa shape index (κ1) is 11.0. The molecule has 0 aliphatic rings. The van der Waals surface area contributed by atoms with E-state index < -0.39 is 0 Å². The van der Waals surface area contributed by atoms with E-state index in [0.29, 0.717) is 11.5 Å². The Bertz CT molecular complexity index is 131. The molecule has 0 aromatic rings. The minimum atomic E-state index is 0.0680. The van der Waals surface area contributed by atoms with Crippen LogP contribution in [0.2, 0.25) is 0 Å². The number of rotatable bonds is 6. The van der Waals surface area contributed by atoms with Crippen molar-refractivity contribution < 1.29 is 13.2 Å². The van der Waals surface area contributed by atoms with E-state index in [4.69, 9.17) is 3.63 Å². The number of Topliss-reactive ketones (excluding diaryl/α,β-unsaturated/α-hetero) is 2. The van der Waals surface area contributed by atoms with E-state index in [1.165, 1.54) is 13.8 Å². The highest BCUT2D eigenvalue weighted by atomic mass is 32.2. The molecule has 0 amide bonds. The van der Waals surface area contributed by atoms with Crippen molar-refractivity contribution >= 4 is 35.7 Å². The van der Waals surface area contributed by atoms with Gasteiger partial charge in [0, 0.05) is 24.1 Å². The summed E-state index contributed by atoms with van der Waals surface area (Å²) in [5.74, 6) is 0.812. The first-order chi connectivity index (χ1) is 5.13. The second-order valence-corrected chi connectivity index (χ2v) is 3.59. The van der Waals surface area contributed by atoms with Crippen LogP contribution in [0.25, 0.3) is 0 Å². The predicted octanol–water partition coefficient (Wildman–Crippen LogP) is 1.48. The van der Waals surface area contributed by atoms with Crippen molar-refractivity contribution in [3.63, 3.8) is 0 Å². The van der Waals surface area contributed by atoms with Crippen molar-refractivity contribution in [2.24, 2.45) is 0 Å². The normalized spacial score (nSPS) is 9.64. The molecule has 0 heterocycles. The van der Waals surface area contributed by atoms with E-state index in [9.17, 15) is 9.59 Å². The Kier molecular flexibility index (Phi) is 6.69. The summed E-state index contributed by atoms with van der Waals surface area (Å²) in [4.78, 5) is 20.7. The van der Waals surface area contributed by atoms with Crippen LogP contribution in [0.5, 0.6) is 0 Å². The van der Waals surface area contributed by atoms with Crippen molar-refractivity contribution in [1.29, 1.82) is 0 Å². The van der Waals surface area contributed by atoms with Crippen LogP contribution in [0.3, 0.4) is 0 Å². The molecule has 0 radical (unpaired) electrons. The van der Waals surface area contributed by atoms with E-state index in [0.717, 1.165) is 24.1 Å². The second kappa shape index (κ2) is 6.69. The fourth-order valence-electron chi connectivity index (χ4n) is 0.248. The van der Waals surface area contributed by atoms with Gasteiger partial charge in [-0.25, -0.2) is 3.63 Å². The molecule has 0 unspecified atom stereocenters. The van der Waals surface area contributed by atoms with Gasteiger partial charge in [0.05, 0.1) is 11.5 Å². The molecule has 64 valence electrons. The van der Waals surface area contributed by atoms with E-state index >= 15 is 0 Å². The Morgan fingerprint density at radius 2 is 1.45 bits per heavy atom. The Morgan fingerprint density at radius 1 is 1.09 bits per heavy atom. The van der Waals surface area contributed by atoms with Gasteiger partial charge in [0.25, 0.3) is 0 Å². The summed E-state index contributed by atoms with van der Waals surface area (Å²) in [5, 5.41) is 0. The fourth-order valence-corrected chi connectivity index (χ4v) is 1.24. The van der Waals surface area contributed by atoms with Gasteiger partial charge in [0.2, 0.25) is 0 Å². The summed E-state index contributed by atoms with van der Waals surface area (Å²) < 4.78 is 4.85. The molecule has 0 N–H and O–H groups in total. The second-order valence-electron chi connectivity index (χ2n) is 2.00. The highest BCUT2D eigenvalue weighted by Gasteiger charge is 1.97. The monoisotopic (exact) mass is 194 g/mol. The lowest BCUT2D eigenvalue weighted by Crippen LogP contribution is -1.95. The fraction of sp³-hybridized carbons (Fsp3) is 0.667. The van der Waals surface area contributed by atoms with Crippen LogP contribution >= 0.6 is 24.1 Å². The van der Waals surface area contributed by atoms with Gasteiger partial charge >= 0.3 is 0 Å². The number of carbonyl (C=O) groups is 2. The molecule has 5 heteroatoms. The van der Waals surface area contributed by atoms with Crippen LogP contribution in [0, 0.1) is 0 Å². The summed E-state index contributed by atoms with van der Waals surface area (Å²) >= 11 is 2.13. The highest BCUT2D eigenvalue weighted by molar-refractivity contribution is 8.08. The Morgan fingerprint density at radius 3 is 1.73 bits per heavy atom. The zero-order valence-corrected chi connectivity index (χ0v) is 8.09. The summed E-state index contributed by atoms with van der Waals surface area (Å²) in [7, 11) is 0. The van der Waals surface area contributed by atoms with Crippen molar-refractivity contribution in [2.75, 3.05) is 11.5 Å². The first-order valence-electron chi connectivity index (χ1n) is 3.03. The lowest BCUT2D eigenvalue weighted by Gasteiger charge is -1.95. The van der Waals surface area contributed by atoms with Crippen LogP contribution in [0.1, 0.15) is 13.8 Å². The molecule has 11 heavy (non-hydrogen) atoms. The maximum atomic E-state index is 10.4. The zero-order valence-electron chi connectivity index (χ0n) is 6.46. The summed E-state index contributed by atoms with van der Waals surface area (Å²) in [6.45, 7) is 2.98. The van der Waals surface area contributed by atoms with Crippen LogP contribution in [-0.2, 0) is 13.2 Å². The first-order valence-corrected chi connectivity index (χ1v) is 4.85. The molecule has 0 spiro atoms. The quantitative estimate of drug-likeness (QED) is 0.473. The van der Waals surface area contributed by atoms with Crippen molar-refractivity contribution in [1.82, 2.24) is 0 Å². The molecule has 0 aliphatic carbocycles. The zero-order chi connectivity index (χ0) is 8.69. The smallest absolute Gasteiger partial charge is 0.142 e. The Balaban J connectivity index is 3.03. The third-order valence-electron chi connectivity index (χ3n) is 0.621. The van der Waals surface area contributed by atoms with E-state index in [-0.39, 0.29) is 11.6 Å². The summed E-state index contributed by atoms with van der Waals surface area (Å²) in [6, 6.07) is 0. The van der Waals surface area contributed by atoms with Gasteiger partial charge in [-0.2, -0.15) is 0 Å². The maximum absolute atomic E-state index is 10.4. The SMILES string of the molecule is CC(=O)CSOSCC(C)=O. The molecule has 0 saturated heterocycles. The molecule has 0 aromatic heterocycles. The van der Waals surface area contributed by atoms with Gasteiger partial charge in [0.1, 0.15) is 11.6 Å². The average molecular weight is 194 g/mol. The number of ketones is 2. The van der Waals surface area contributed by atoms with Gasteiger partial charge in [-0.05, 0) is 13.8 Å². The average Bonchev–Trinajstić information content (AvgIpc) is 1.85. The van der Waals surface area contributed by atoms with Crippen molar-refractivity contribution in [3.8, 4) is 0 Å². The number of carbonyl (C=O) groups excluding carboxylic acids is 2. The third-order valence-corrected chi connectivity index (χ3v) is 2.44. The predicted molar refractivity (Wildman–Crippen MR) is 47.4 cm³/mol. The topological polar surface area (TPSA) is 43.4 Å². The molecule has 0 saturated carbocycles. The number of hydrogen-bond donors (Lipinski definition) is 0. The molecule has 3 nitrogen and oxygen atoms in total. The Hall–Kier alpha value is -0.0000000000000000555. The third kappa shape index (κ3) is 10.0. The van der Waals surface area contributed by atoms with Crippen molar-refractivity contribution in [2.45, 2.75) is 13.8 Å². The van der Waals surface area contributed by atoms with Gasteiger partial charge in [-0.1, -0.05) is 0 Å². The molecule has 0 aromatic carbocycles. The summed E-state index contributed by atoms with van der Waals surface area (Å²) in [6.07, 6.45) is 0. The number of hydrogen-bond acceptors (Lipinski definition) is 5. The molecule has 0 atom stereocenters. The van der Waals surface area contributed by atoms with Gasteiger partial charge in [-0.15, -0.1) is 0 Å². The van der Waals surface area contributed by atoms with Crippen LogP contribution in [0.15, 0.2) is 0 Å². The minimum Gasteiger partial charge on any atom is -0.299 e. The molecular formula is C6H10O3S2. The van der Waals surface area contributed by atoms with Crippen LogP contribution < -0.4 is 0 Å². The Labute approximate surface area is 74.7 Å². The summed E-state index contributed by atoms with van der Waals surface area (Å²) in [5.41, 5.74) is 0. The lowest BCUT2D eigenvalue weighted by molar-refractivity contribution is -0.115. The van der Waals surface area contributed by atoms with E-state index in [2.05, 4.69) is 0 Å². The minimum absolute atomic E-state index is 0.0680. The van der Waals surface area contributed by atoms with Gasteiger partial charge in [0.15, 0.2) is 0 Å². The molecular weight excluding hydrogens is 184 g/mol. The molecule has 0 aliphatic heterocycles. The van der Waals surface area contributed by atoms with E-state index in [1.807, 2.05) is 0 Å². The lowest BCUT2D eigenvalue weighted by atomic mass is 10.5. The van der Waals surface area contributed by atoms with Crippen molar-refractivity contribution in [3.05, 3.63) is 0 Å². The van der Waals surface area contributed by atoms with E-state index in [1.54, 1.807) is 0 Å².